The van der Waals surface area contributed by atoms with E-state index in [0.717, 1.165) is 42.3 Å². The predicted molar refractivity (Wildman–Crippen MR) is 126 cm³/mol. The van der Waals surface area contributed by atoms with Crippen LogP contribution < -0.4 is 10.6 Å². The van der Waals surface area contributed by atoms with Gasteiger partial charge in [-0.15, -0.1) is 11.3 Å². The topological polar surface area (TPSA) is 80.3 Å². The third-order valence-corrected chi connectivity index (χ3v) is 6.70. The summed E-state index contributed by atoms with van der Waals surface area (Å²) in [6.45, 7) is 8.03. The second-order valence-electron chi connectivity index (χ2n) is 8.80. The van der Waals surface area contributed by atoms with Gasteiger partial charge >= 0.3 is 0 Å². The van der Waals surface area contributed by atoms with Crippen molar-refractivity contribution in [2.24, 2.45) is 0 Å². The summed E-state index contributed by atoms with van der Waals surface area (Å²) < 4.78 is 32.1. The fourth-order valence-corrected chi connectivity index (χ4v) is 4.24. The number of benzene rings is 1. The van der Waals surface area contributed by atoms with Gasteiger partial charge in [-0.05, 0) is 63.1 Å². The summed E-state index contributed by atoms with van der Waals surface area (Å²) in [4.78, 5) is 30.3. The fraction of sp³-hybridized carbons (Fsp3) is 0.542. The van der Waals surface area contributed by atoms with Crippen LogP contribution in [0.2, 0.25) is 0 Å². The summed E-state index contributed by atoms with van der Waals surface area (Å²) in [5.74, 6) is -2.08. The van der Waals surface area contributed by atoms with E-state index in [1.54, 1.807) is 20.2 Å². The predicted octanol–water partition coefficient (Wildman–Crippen LogP) is 5.20. The molecule has 0 aliphatic heterocycles. The Hall–Kier alpha value is -2.39. The number of nitrogens with zero attached hydrogens (tertiary/aromatic N) is 1. The largest absolute Gasteiger partial charge is 0.379 e. The molecular weight excluding hydrogens is 448 g/mol. The molecule has 1 heterocycles. The zero-order valence-electron chi connectivity index (χ0n) is 19.8. The smallest absolute Gasteiger partial charge is 0.248 e. The number of hydrogen-bond acceptors (Lipinski definition) is 5. The highest BCUT2D eigenvalue weighted by molar-refractivity contribution is 7.15. The Kier molecular flexibility index (Phi) is 9.91. The van der Waals surface area contributed by atoms with E-state index in [4.69, 9.17) is 4.74 Å². The first-order chi connectivity index (χ1) is 15.5. The van der Waals surface area contributed by atoms with Crippen molar-refractivity contribution in [2.45, 2.75) is 77.4 Å². The molecule has 0 saturated carbocycles. The molecule has 2 aromatic rings. The van der Waals surface area contributed by atoms with Gasteiger partial charge in [-0.1, -0.05) is 13.8 Å². The highest BCUT2D eigenvalue weighted by Crippen LogP contribution is 2.30. The lowest BCUT2D eigenvalue weighted by Gasteiger charge is -2.23. The Labute approximate surface area is 198 Å². The van der Waals surface area contributed by atoms with Gasteiger partial charge < -0.3 is 15.4 Å². The van der Waals surface area contributed by atoms with Crippen molar-refractivity contribution in [1.82, 2.24) is 10.3 Å². The van der Waals surface area contributed by atoms with Crippen LogP contribution >= 0.6 is 11.3 Å². The molecule has 2 atom stereocenters. The van der Waals surface area contributed by atoms with E-state index in [1.807, 2.05) is 0 Å². The number of carbonyl (C=O) groups excluding carboxylic acids is 2. The van der Waals surface area contributed by atoms with Crippen LogP contribution in [-0.2, 0) is 20.7 Å². The molecule has 0 radical (unpaired) electrons. The molecule has 33 heavy (non-hydrogen) atoms. The van der Waals surface area contributed by atoms with Gasteiger partial charge in [-0.3, -0.25) is 9.59 Å². The minimum atomic E-state index is -0.781. The van der Waals surface area contributed by atoms with Crippen LogP contribution in [0.4, 0.5) is 13.9 Å². The highest BCUT2D eigenvalue weighted by atomic mass is 32.1. The van der Waals surface area contributed by atoms with E-state index < -0.39 is 23.6 Å². The molecule has 2 amide bonds. The number of methoxy groups -OCH3 is 1. The quantitative estimate of drug-likeness (QED) is 0.437. The Morgan fingerprint density at radius 2 is 1.88 bits per heavy atom. The Bertz CT molecular complexity index is 929. The number of thiazole rings is 1. The van der Waals surface area contributed by atoms with Crippen LogP contribution in [0.25, 0.3) is 0 Å². The van der Waals surface area contributed by atoms with Gasteiger partial charge in [0.1, 0.15) is 17.7 Å². The van der Waals surface area contributed by atoms with E-state index in [-0.39, 0.29) is 23.5 Å². The summed E-state index contributed by atoms with van der Waals surface area (Å²) >= 11 is 1.42. The molecule has 6 nitrogen and oxygen atoms in total. The van der Waals surface area contributed by atoms with Crippen LogP contribution in [0.1, 0.15) is 69.7 Å². The van der Waals surface area contributed by atoms with Gasteiger partial charge in [0.25, 0.3) is 0 Å². The van der Waals surface area contributed by atoms with Crippen molar-refractivity contribution >= 4 is 28.3 Å². The molecular formula is C24H33F2N3O3S. The fourth-order valence-electron chi connectivity index (χ4n) is 3.34. The van der Waals surface area contributed by atoms with Crippen molar-refractivity contribution < 1.29 is 23.1 Å². The molecule has 2 N–H and O–H groups in total. The number of ether oxygens (including phenoxy) is 1. The van der Waals surface area contributed by atoms with Crippen molar-refractivity contribution in [3.05, 3.63) is 46.5 Å². The molecule has 0 saturated heterocycles. The molecule has 0 bridgehead atoms. The molecule has 9 heteroatoms. The minimum absolute atomic E-state index is 0.144. The number of aromatic nitrogens is 1. The first-order valence-electron chi connectivity index (χ1n) is 11.1. The van der Waals surface area contributed by atoms with E-state index in [0.29, 0.717) is 17.5 Å². The number of rotatable bonds is 12. The van der Waals surface area contributed by atoms with E-state index in [1.165, 1.54) is 11.3 Å². The number of anilines is 1. The van der Waals surface area contributed by atoms with Crippen molar-refractivity contribution in [1.29, 1.82) is 0 Å². The van der Waals surface area contributed by atoms with E-state index >= 15 is 0 Å². The van der Waals surface area contributed by atoms with Crippen molar-refractivity contribution in [3.8, 4) is 0 Å². The zero-order valence-corrected chi connectivity index (χ0v) is 20.7. The van der Waals surface area contributed by atoms with Crippen molar-refractivity contribution in [3.63, 3.8) is 0 Å². The molecule has 182 valence electrons. The third kappa shape index (κ3) is 8.81. The van der Waals surface area contributed by atoms with Crippen LogP contribution in [0, 0.1) is 11.6 Å². The number of carbonyl (C=O) groups is 2. The van der Waals surface area contributed by atoms with Gasteiger partial charge in [-0.25, -0.2) is 13.8 Å². The van der Waals surface area contributed by atoms with Crippen LogP contribution in [0.15, 0.2) is 24.4 Å². The molecule has 1 aromatic heterocycles. The lowest BCUT2D eigenvalue weighted by Crippen LogP contribution is -2.44. The van der Waals surface area contributed by atoms with Gasteiger partial charge in [0, 0.05) is 24.3 Å². The summed E-state index contributed by atoms with van der Waals surface area (Å²) in [5.41, 5.74) is 0.0577. The van der Waals surface area contributed by atoms with E-state index in [9.17, 15) is 18.4 Å². The number of nitrogens with one attached hydrogen (secondary N) is 2. The van der Waals surface area contributed by atoms with E-state index in [2.05, 4.69) is 36.4 Å². The van der Waals surface area contributed by atoms with Crippen LogP contribution in [-0.4, -0.2) is 35.6 Å². The molecule has 0 spiro atoms. The maximum absolute atomic E-state index is 13.3. The maximum atomic E-state index is 13.3. The number of halogens is 2. The summed E-state index contributed by atoms with van der Waals surface area (Å²) in [6.07, 6.45) is 4.86. The molecule has 1 aromatic carbocycles. The average Bonchev–Trinajstić information content (AvgIpc) is 3.19. The number of hydrogen-bond donors (Lipinski definition) is 2. The monoisotopic (exact) mass is 481 g/mol. The molecule has 1 unspecified atom stereocenters. The van der Waals surface area contributed by atoms with Gasteiger partial charge in [0.2, 0.25) is 11.8 Å². The summed E-state index contributed by atoms with van der Waals surface area (Å²) in [7, 11) is 1.72. The Morgan fingerprint density at radius 3 is 2.48 bits per heavy atom. The standard InChI is InChI=1S/C24H33F2N3O3S/c1-6-19(28-21(30)12-16-10-17(25)13-18(26)11-16)22(31)29-23-27-14-20(33-23)15(2)8-7-9-24(3,4)32-5/h10-11,13-15,19H,6-9,12H2,1-5H3,(H,28,30)(H,27,29,31)/t15?,19-/m0/s1. The SMILES string of the molecule is CC[C@H](NC(=O)Cc1cc(F)cc(F)c1)C(=O)Nc1ncc(C(C)CCCC(C)(C)OC)s1. The lowest BCUT2D eigenvalue weighted by molar-refractivity contribution is -0.126. The molecule has 0 aliphatic rings. The summed E-state index contributed by atoms with van der Waals surface area (Å²) in [6, 6.07) is 2.15. The first kappa shape index (κ1) is 26.9. The number of amides is 2. The van der Waals surface area contributed by atoms with Crippen LogP contribution in [0.5, 0.6) is 0 Å². The lowest BCUT2D eigenvalue weighted by atomic mass is 9.96. The second-order valence-corrected chi connectivity index (χ2v) is 9.86. The van der Waals surface area contributed by atoms with Crippen molar-refractivity contribution in [2.75, 3.05) is 12.4 Å². The normalized spacial score (nSPS) is 13.4. The summed E-state index contributed by atoms with van der Waals surface area (Å²) in [5, 5.41) is 5.85. The Morgan fingerprint density at radius 1 is 1.21 bits per heavy atom. The first-order valence-corrected chi connectivity index (χ1v) is 11.9. The molecule has 2 rings (SSSR count). The van der Waals surface area contributed by atoms with Crippen LogP contribution in [0.3, 0.4) is 0 Å². The zero-order chi connectivity index (χ0) is 24.6. The molecule has 0 aliphatic carbocycles. The van der Waals surface area contributed by atoms with Gasteiger partial charge in [-0.2, -0.15) is 0 Å². The van der Waals surface area contributed by atoms with Gasteiger partial charge in [0.05, 0.1) is 12.0 Å². The Balaban J connectivity index is 1.88. The highest BCUT2D eigenvalue weighted by Gasteiger charge is 2.21. The maximum Gasteiger partial charge on any atom is 0.248 e. The van der Waals surface area contributed by atoms with Gasteiger partial charge in [0.15, 0.2) is 5.13 Å². The third-order valence-electron chi connectivity index (χ3n) is 5.55. The molecule has 0 fully saturated rings. The second kappa shape index (κ2) is 12.2. The average molecular weight is 482 g/mol. The minimum Gasteiger partial charge on any atom is -0.379 e.